The Morgan fingerprint density at radius 3 is 2.87 bits per heavy atom. The van der Waals surface area contributed by atoms with Gasteiger partial charge in [0, 0.05) is 16.1 Å². The van der Waals surface area contributed by atoms with Crippen LogP contribution < -0.4 is 10.6 Å². The first kappa shape index (κ1) is 16.4. The zero-order valence-electron chi connectivity index (χ0n) is 12.7. The van der Waals surface area contributed by atoms with Crippen molar-refractivity contribution in [2.45, 2.75) is 31.7 Å². The Labute approximate surface area is 143 Å². The van der Waals surface area contributed by atoms with E-state index in [1.807, 2.05) is 12.3 Å². The van der Waals surface area contributed by atoms with Gasteiger partial charge in [-0.3, -0.25) is 10.1 Å². The molecule has 3 rings (SSSR count). The van der Waals surface area contributed by atoms with Crippen LogP contribution in [0.15, 0.2) is 23.6 Å². The van der Waals surface area contributed by atoms with E-state index >= 15 is 0 Å². The highest BCUT2D eigenvalue weighted by atomic mass is 35.5. The molecule has 1 aliphatic rings. The van der Waals surface area contributed by atoms with Gasteiger partial charge in [0.1, 0.15) is 10.8 Å². The first-order valence-corrected chi connectivity index (χ1v) is 8.67. The number of benzene rings is 1. The Balaban J connectivity index is 1.63. The summed E-state index contributed by atoms with van der Waals surface area (Å²) >= 11 is 7.43. The molecule has 1 saturated carbocycles. The zero-order chi connectivity index (χ0) is 16.4. The third-order valence-corrected chi connectivity index (χ3v) is 5.42. The van der Waals surface area contributed by atoms with Crippen molar-refractivity contribution in [2.75, 3.05) is 11.9 Å². The molecule has 2 aromatic rings. The summed E-state index contributed by atoms with van der Waals surface area (Å²) in [6.45, 7) is 2.06. The normalized spacial score (nSPS) is 16.0. The molecule has 0 radical (unpaired) electrons. The summed E-state index contributed by atoms with van der Waals surface area (Å²) in [6.07, 6.45) is 3.02. The van der Waals surface area contributed by atoms with E-state index in [-0.39, 0.29) is 23.7 Å². The van der Waals surface area contributed by atoms with Gasteiger partial charge in [-0.15, -0.1) is 11.3 Å². The van der Waals surface area contributed by atoms with Crippen LogP contribution in [0.5, 0.6) is 0 Å². The number of hydrogen-bond acceptors (Lipinski definition) is 4. The topological polar surface area (TPSA) is 54.0 Å². The molecule has 0 aliphatic heterocycles. The van der Waals surface area contributed by atoms with Gasteiger partial charge in [-0.05, 0) is 44.4 Å². The van der Waals surface area contributed by atoms with Crippen molar-refractivity contribution in [3.05, 3.63) is 45.1 Å². The van der Waals surface area contributed by atoms with Crippen LogP contribution in [-0.2, 0) is 10.3 Å². The standard InChI is InChI=1S/C16H17ClFN3OS/c1-10-9-23-15(20-10)16(5-2-6-16)19-8-14(22)21-13-7-11(17)3-4-12(13)18/h3-4,7,9,19H,2,5-6,8H2,1H3,(H,21,22). The number of carbonyl (C=O) groups is 1. The van der Waals surface area contributed by atoms with E-state index in [9.17, 15) is 9.18 Å². The molecule has 4 nitrogen and oxygen atoms in total. The fourth-order valence-corrected chi connectivity index (χ4v) is 3.81. The van der Waals surface area contributed by atoms with Gasteiger partial charge in [-0.25, -0.2) is 9.37 Å². The molecule has 1 aromatic carbocycles. The number of carbonyl (C=O) groups excluding carboxylic acids is 1. The number of halogens is 2. The maximum atomic E-state index is 13.6. The largest absolute Gasteiger partial charge is 0.322 e. The second-order valence-electron chi connectivity index (χ2n) is 5.76. The first-order chi connectivity index (χ1) is 11.0. The predicted octanol–water partition coefficient (Wildman–Crippen LogP) is 3.85. The third-order valence-electron chi connectivity index (χ3n) is 4.03. The van der Waals surface area contributed by atoms with E-state index in [4.69, 9.17) is 11.6 Å². The average molecular weight is 354 g/mol. The molecule has 1 aromatic heterocycles. The van der Waals surface area contributed by atoms with Gasteiger partial charge < -0.3 is 5.32 Å². The van der Waals surface area contributed by atoms with Crippen molar-refractivity contribution >= 4 is 34.5 Å². The van der Waals surface area contributed by atoms with Crippen molar-refractivity contribution in [1.82, 2.24) is 10.3 Å². The predicted molar refractivity (Wildman–Crippen MR) is 90.4 cm³/mol. The number of nitrogens with zero attached hydrogens (tertiary/aromatic N) is 1. The van der Waals surface area contributed by atoms with Crippen LogP contribution in [0, 0.1) is 12.7 Å². The number of anilines is 1. The summed E-state index contributed by atoms with van der Waals surface area (Å²) in [6, 6.07) is 4.08. The second-order valence-corrected chi connectivity index (χ2v) is 7.05. The van der Waals surface area contributed by atoms with Crippen molar-refractivity contribution in [1.29, 1.82) is 0 Å². The number of nitrogens with one attached hydrogen (secondary N) is 2. The smallest absolute Gasteiger partial charge is 0.238 e. The number of amides is 1. The second kappa shape index (κ2) is 6.55. The summed E-state index contributed by atoms with van der Waals surface area (Å²) in [5.41, 5.74) is 0.865. The van der Waals surface area contributed by atoms with Gasteiger partial charge in [0.05, 0.1) is 17.8 Å². The fraction of sp³-hybridized carbons (Fsp3) is 0.375. The molecule has 1 fully saturated rings. The Kier molecular flexibility index (Phi) is 4.66. The lowest BCUT2D eigenvalue weighted by atomic mass is 9.77. The van der Waals surface area contributed by atoms with Crippen LogP contribution in [0.1, 0.15) is 30.0 Å². The molecular formula is C16H17ClFN3OS. The first-order valence-electron chi connectivity index (χ1n) is 7.41. The molecule has 1 aliphatic carbocycles. The average Bonchev–Trinajstić information content (AvgIpc) is 2.89. The number of hydrogen-bond donors (Lipinski definition) is 2. The van der Waals surface area contributed by atoms with Crippen LogP contribution in [0.25, 0.3) is 0 Å². The Hall–Kier alpha value is -1.50. The van der Waals surface area contributed by atoms with Gasteiger partial charge in [0.15, 0.2) is 0 Å². The monoisotopic (exact) mass is 353 g/mol. The molecule has 2 N–H and O–H groups in total. The summed E-state index contributed by atoms with van der Waals surface area (Å²) in [5, 5.41) is 9.25. The third kappa shape index (κ3) is 3.54. The molecule has 0 spiro atoms. The number of aromatic nitrogens is 1. The van der Waals surface area contributed by atoms with Gasteiger partial charge >= 0.3 is 0 Å². The highest BCUT2D eigenvalue weighted by molar-refractivity contribution is 7.09. The van der Waals surface area contributed by atoms with Crippen molar-refractivity contribution < 1.29 is 9.18 Å². The minimum Gasteiger partial charge on any atom is -0.322 e. The minimum absolute atomic E-state index is 0.0945. The Morgan fingerprint density at radius 2 is 2.26 bits per heavy atom. The van der Waals surface area contributed by atoms with Crippen LogP contribution in [0.4, 0.5) is 10.1 Å². The van der Waals surface area contributed by atoms with Gasteiger partial charge in [0.2, 0.25) is 5.91 Å². The van der Waals surface area contributed by atoms with E-state index in [0.717, 1.165) is 30.0 Å². The lowest BCUT2D eigenvalue weighted by molar-refractivity contribution is -0.116. The maximum absolute atomic E-state index is 13.6. The quantitative estimate of drug-likeness (QED) is 0.858. The van der Waals surface area contributed by atoms with Crippen LogP contribution in [0.2, 0.25) is 5.02 Å². The van der Waals surface area contributed by atoms with Crippen molar-refractivity contribution in [3.63, 3.8) is 0 Å². The molecule has 0 atom stereocenters. The van der Waals surface area contributed by atoms with Crippen LogP contribution in [-0.4, -0.2) is 17.4 Å². The Bertz CT molecular complexity index is 730. The van der Waals surface area contributed by atoms with Gasteiger partial charge in [0.25, 0.3) is 0 Å². The highest BCUT2D eigenvalue weighted by Gasteiger charge is 2.41. The van der Waals surface area contributed by atoms with Gasteiger partial charge in [-0.2, -0.15) is 0 Å². The maximum Gasteiger partial charge on any atom is 0.238 e. The van der Waals surface area contributed by atoms with Crippen molar-refractivity contribution in [2.24, 2.45) is 0 Å². The molecule has 7 heteroatoms. The number of thiazole rings is 1. The molecule has 1 heterocycles. The van der Waals surface area contributed by atoms with E-state index in [2.05, 4.69) is 15.6 Å². The summed E-state index contributed by atoms with van der Waals surface area (Å²) in [7, 11) is 0. The summed E-state index contributed by atoms with van der Waals surface area (Å²) in [4.78, 5) is 16.6. The SMILES string of the molecule is Cc1csc(C2(NCC(=O)Nc3cc(Cl)ccc3F)CCC2)n1. The lowest BCUT2D eigenvalue weighted by Gasteiger charge is -2.41. The number of rotatable bonds is 5. The van der Waals surface area contributed by atoms with Crippen LogP contribution >= 0.6 is 22.9 Å². The molecule has 0 bridgehead atoms. The van der Waals surface area contributed by atoms with Crippen LogP contribution in [0.3, 0.4) is 0 Å². The zero-order valence-corrected chi connectivity index (χ0v) is 14.2. The van der Waals surface area contributed by atoms with E-state index in [0.29, 0.717) is 5.02 Å². The van der Waals surface area contributed by atoms with Crippen molar-refractivity contribution in [3.8, 4) is 0 Å². The summed E-state index contributed by atoms with van der Waals surface area (Å²) < 4.78 is 13.6. The molecule has 23 heavy (non-hydrogen) atoms. The van der Waals surface area contributed by atoms with E-state index in [1.165, 1.54) is 18.2 Å². The number of aryl methyl sites for hydroxylation is 1. The molecule has 122 valence electrons. The molecule has 0 saturated heterocycles. The highest BCUT2D eigenvalue weighted by Crippen LogP contribution is 2.42. The van der Waals surface area contributed by atoms with E-state index < -0.39 is 5.82 Å². The summed E-state index contributed by atoms with van der Waals surface area (Å²) in [5.74, 6) is -0.803. The minimum atomic E-state index is -0.503. The lowest BCUT2D eigenvalue weighted by Crippen LogP contribution is -2.50. The van der Waals surface area contributed by atoms with E-state index in [1.54, 1.807) is 11.3 Å². The van der Waals surface area contributed by atoms with Gasteiger partial charge in [-0.1, -0.05) is 11.6 Å². The Morgan fingerprint density at radius 1 is 1.48 bits per heavy atom. The molecule has 0 unspecified atom stereocenters. The molecular weight excluding hydrogens is 337 g/mol. The fourth-order valence-electron chi connectivity index (χ4n) is 2.61. The molecule has 1 amide bonds.